The van der Waals surface area contributed by atoms with Gasteiger partial charge in [-0.05, 0) is 19.1 Å². The van der Waals surface area contributed by atoms with Crippen LogP contribution >= 0.6 is 0 Å². The van der Waals surface area contributed by atoms with E-state index in [0.717, 1.165) is 12.1 Å². The molecule has 21 heavy (non-hydrogen) atoms. The Morgan fingerprint density at radius 3 is 2.00 bits per heavy atom. The Bertz CT molecular complexity index is 535. The van der Waals surface area contributed by atoms with Gasteiger partial charge in [-0.2, -0.15) is 0 Å². The molecule has 0 radical (unpaired) electrons. The number of carbonyl (C=O) groups is 2. The van der Waals surface area contributed by atoms with Gasteiger partial charge in [0.25, 0.3) is 11.8 Å². The molecule has 1 fully saturated rings. The van der Waals surface area contributed by atoms with Gasteiger partial charge in [-0.3, -0.25) is 9.59 Å². The lowest BCUT2D eigenvalue weighted by Crippen LogP contribution is -2.52. The molecule has 1 N–H and O–H groups in total. The Hall–Kier alpha value is -2.02. The van der Waals surface area contributed by atoms with E-state index >= 15 is 0 Å². The highest BCUT2D eigenvalue weighted by Gasteiger charge is 2.26. The summed E-state index contributed by atoms with van der Waals surface area (Å²) in [6.07, 6.45) is -1.08. The van der Waals surface area contributed by atoms with Crippen LogP contribution in [0.3, 0.4) is 0 Å². The average molecular weight is 298 g/mol. The highest BCUT2D eigenvalue weighted by molar-refractivity contribution is 5.94. The molecule has 2 amide bonds. The van der Waals surface area contributed by atoms with Crippen LogP contribution in [0.4, 0.5) is 8.78 Å². The first kappa shape index (κ1) is 15.4. The van der Waals surface area contributed by atoms with Crippen LogP contribution < -0.4 is 0 Å². The van der Waals surface area contributed by atoms with E-state index in [4.69, 9.17) is 0 Å². The standard InChI is InChI=1S/C14H16F2N2O3/c1-9(19)13(20)17-2-4-18(5-3-17)14(21)10-6-11(15)8-12(16)7-10/h6-9,19H,2-5H2,1H3. The summed E-state index contributed by atoms with van der Waals surface area (Å²) in [5.74, 6) is -2.47. The van der Waals surface area contributed by atoms with E-state index in [1.165, 1.54) is 16.7 Å². The molecular formula is C14H16F2N2O3. The zero-order chi connectivity index (χ0) is 15.6. The third-order valence-corrected chi connectivity index (χ3v) is 3.35. The van der Waals surface area contributed by atoms with E-state index in [0.29, 0.717) is 6.07 Å². The van der Waals surface area contributed by atoms with Crippen LogP contribution in [0.15, 0.2) is 18.2 Å². The number of benzene rings is 1. The second-order valence-electron chi connectivity index (χ2n) is 4.95. The van der Waals surface area contributed by atoms with Crippen molar-refractivity contribution in [3.8, 4) is 0 Å². The summed E-state index contributed by atoms with van der Waals surface area (Å²) in [6, 6.07) is 2.67. The molecule has 5 nitrogen and oxygen atoms in total. The Morgan fingerprint density at radius 1 is 1.05 bits per heavy atom. The lowest BCUT2D eigenvalue weighted by atomic mass is 10.1. The minimum Gasteiger partial charge on any atom is -0.384 e. The predicted molar refractivity (Wildman–Crippen MR) is 70.5 cm³/mol. The predicted octanol–water partition coefficient (Wildman–Crippen LogP) is 0.630. The molecule has 1 aliphatic heterocycles. The molecule has 1 atom stereocenters. The van der Waals surface area contributed by atoms with E-state index in [9.17, 15) is 23.5 Å². The molecule has 7 heteroatoms. The maximum atomic E-state index is 13.1. The van der Waals surface area contributed by atoms with Crippen LogP contribution in [0.5, 0.6) is 0 Å². The number of hydrogen-bond donors (Lipinski definition) is 1. The minimum atomic E-state index is -1.08. The largest absolute Gasteiger partial charge is 0.384 e. The fraction of sp³-hybridized carbons (Fsp3) is 0.429. The van der Waals surface area contributed by atoms with Crippen LogP contribution in [0, 0.1) is 11.6 Å². The first-order valence-corrected chi connectivity index (χ1v) is 6.60. The SMILES string of the molecule is CC(O)C(=O)N1CCN(C(=O)c2cc(F)cc(F)c2)CC1. The Morgan fingerprint density at radius 2 is 1.52 bits per heavy atom. The summed E-state index contributed by atoms with van der Waals surface area (Å²) in [6.45, 7) is 2.47. The fourth-order valence-electron chi connectivity index (χ4n) is 2.25. The first-order valence-electron chi connectivity index (χ1n) is 6.60. The van der Waals surface area contributed by atoms with E-state index in [-0.39, 0.29) is 37.6 Å². The number of amides is 2. The monoisotopic (exact) mass is 298 g/mol. The third kappa shape index (κ3) is 3.55. The number of aliphatic hydroxyl groups is 1. The smallest absolute Gasteiger partial charge is 0.254 e. The van der Waals surface area contributed by atoms with Crippen molar-refractivity contribution in [1.82, 2.24) is 9.80 Å². The first-order chi connectivity index (χ1) is 9.88. The molecular weight excluding hydrogens is 282 g/mol. The van der Waals surface area contributed by atoms with Gasteiger partial charge in [0.15, 0.2) is 0 Å². The summed E-state index contributed by atoms with van der Waals surface area (Å²) in [5, 5.41) is 9.23. The quantitative estimate of drug-likeness (QED) is 0.871. The van der Waals surface area contributed by atoms with Crippen LogP contribution in [0.2, 0.25) is 0 Å². The molecule has 1 saturated heterocycles. The van der Waals surface area contributed by atoms with E-state index in [1.807, 2.05) is 0 Å². The van der Waals surface area contributed by atoms with Gasteiger partial charge in [0, 0.05) is 37.8 Å². The summed E-state index contributed by atoms with van der Waals surface area (Å²) < 4.78 is 26.2. The number of aliphatic hydroxyl groups excluding tert-OH is 1. The zero-order valence-corrected chi connectivity index (χ0v) is 11.6. The van der Waals surface area contributed by atoms with E-state index in [1.54, 1.807) is 0 Å². The Balaban J connectivity index is 2.02. The highest BCUT2D eigenvalue weighted by Crippen LogP contribution is 2.13. The van der Waals surface area contributed by atoms with Gasteiger partial charge in [0.1, 0.15) is 17.7 Å². The molecule has 114 valence electrons. The topological polar surface area (TPSA) is 60.9 Å². The summed E-state index contributed by atoms with van der Waals surface area (Å²) >= 11 is 0. The van der Waals surface area contributed by atoms with Gasteiger partial charge in [0.2, 0.25) is 0 Å². The molecule has 1 aliphatic rings. The number of hydrogen-bond acceptors (Lipinski definition) is 3. The molecule has 0 aliphatic carbocycles. The maximum absolute atomic E-state index is 13.1. The maximum Gasteiger partial charge on any atom is 0.254 e. The molecule has 2 rings (SSSR count). The molecule has 1 aromatic rings. The van der Waals surface area contributed by atoms with Crippen LogP contribution in [0.25, 0.3) is 0 Å². The number of rotatable bonds is 2. The van der Waals surface area contributed by atoms with Crippen LogP contribution in [0.1, 0.15) is 17.3 Å². The summed E-state index contributed by atoms with van der Waals surface area (Å²) in [5.41, 5.74) is -0.0530. The molecule has 0 spiro atoms. The van der Waals surface area contributed by atoms with Gasteiger partial charge in [-0.15, -0.1) is 0 Å². The zero-order valence-electron chi connectivity index (χ0n) is 11.6. The van der Waals surface area contributed by atoms with Crippen molar-refractivity contribution in [3.05, 3.63) is 35.4 Å². The molecule has 0 saturated carbocycles. The van der Waals surface area contributed by atoms with Crippen molar-refractivity contribution in [2.45, 2.75) is 13.0 Å². The van der Waals surface area contributed by atoms with Crippen molar-refractivity contribution in [2.24, 2.45) is 0 Å². The second kappa shape index (κ2) is 6.17. The van der Waals surface area contributed by atoms with Crippen molar-refractivity contribution < 1.29 is 23.5 Å². The fourth-order valence-corrected chi connectivity index (χ4v) is 2.25. The normalized spacial score (nSPS) is 16.8. The molecule has 0 bridgehead atoms. The van der Waals surface area contributed by atoms with Crippen molar-refractivity contribution in [3.63, 3.8) is 0 Å². The van der Waals surface area contributed by atoms with E-state index < -0.39 is 23.6 Å². The number of piperazine rings is 1. The van der Waals surface area contributed by atoms with Gasteiger partial charge < -0.3 is 14.9 Å². The van der Waals surface area contributed by atoms with Gasteiger partial charge in [-0.1, -0.05) is 0 Å². The second-order valence-corrected chi connectivity index (χ2v) is 4.95. The molecule has 1 aromatic carbocycles. The van der Waals surface area contributed by atoms with Crippen molar-refractivity contribution in [2.75, 3.05) is 26.2 Å². The highest BCUT2D eigenvalue weighted by atomic mass is 19.1. The van der Waals surface area contributed by atoms with Gasteiger partial charge in [0.05, 0.1) is 0 Å². The van der Waals surface area contributed by atoms with Crippen LogP contribution in [-0.2, 0) is 4.79 Å². The third-order valence-electron chi connectivity index (χ3n) is 3.35. The van der Waals surface area contributed by atoms with Crippen molar-refractivity contribution >= 4 is 11.8 Å². The Labute approximate surface area is 120 Å². The number of nitrogens with zero attached hydrogens (tertiary/aromatic N) is 2. The van der Waals surface area contributed by atoms with Gasteiger partial charge in [-0.25, -0.2) is 8.78 Å². The van der Waals surface area contributed by atoms with E-state index in [2.05, 4.69) is 0 Å². The average Bonchev–Trinajstić information content (AvgIpc) is 2.44. The number of carbonyl (C=O) groups excluding carboxylic acids is 2. The lowest BCUT2D eigenvalue weighted by Gasteiger charge is -2.35. The molecule has 1 heterocycles. The number of halogens is 2. The van der Waals surface area contributed by atoms with Crippen molar-refractivity contribution in [1.29, 1.82) is 0 Å². The molecule has 1 unspecified atom stereocenters. The summed E-state index contributed by atoms with van der Waals surface area (Å²) in [7, 11) is 0. The summed E-state index contributed by atoms with van der Waals surface area (Å²) in [4.78, 5) is 26.7. The molecule has 0 aromatic heterocycles. The lowest BCUT2D eigenvalue weighted by molar-refractivity contribution is -0.140. The van der Waals surface area contributed by atoms with Crippen LogP contribution in [-0.4, -0.2) is 59.0 Å². The van der Waals surface area contributed by atoms with Gasteiger partial charge >= 0.3 is 0 Å². The minimum absolute atomic E-state index is 0.0530. The Kier molecular flexibility index (Phi) is 4.52.